The van der Waals surface area contributed by atoms with E-state index in [1.54, 1.807) is 0 Å². The Kier molecular flexibility index (Phi) is 6.55. The number of hydrogen-bond acceptors (Lipinski definition) is 7. The van der Waals surface area contributed by atoms with E-state index in [1.165, 1.54) is 25.3 Å². The molecular weight excluding hydrogens is 389 g/mol. The van der Waals surface area contributed by atoms with Crippen LogP contribution in [0.15, 0.2) is 35.6 Å². The molecule has 0 aliphatic carbocycles. The fourth-order valence-corrected chi connectivity index (χ4v) is 2.68. The molecule has 0 fully saturated rings. The van der Waals surface area contributed by atoms with Crippen LogP contribution in [0.1, 0.15) is 12.1 Å². The number of methoxy groups -OCH3 is 1. The number of carbonyl (C=O) groups is 1. The predicted molar refractivity (Wildman–Crippen MR) is 90.7 cm³/mol. The van der Waals surface area contributed by atoms with Gasteiger partial charge >= 0.3 is 6.18 Å². The van der Waals surface area contributed by atoms with E-state index >= 15 is 0 Å². The molecule has 0 bridgehead atoms. The highest BCUT2D eigenvalue weighted by Crippen LogP contribution is 2.30. The van der Waals surface area contributed by atoms with E-state index in [1.807, 2.05) is 0 Å². The van der Waals surface area contributed by atoms with E-state index in [2.05, 4.69) is 15.3 Å². The van der Waals surface area contributed by atoms with Crippen LogP contribution in [0, 0.1) is 10.1 Å². The normalized spacial score (nSPS) is 11.1. The second-order valence-electron chi connectivity index (χ2n) is 5.01. The van der Waals surface area contributed by atoms with E-state index < -0.39 is 22.7 Å². The minimum atomic E-state index is -4.57. The van der Waals surface area contributed by atoms with Gasteiger partial charge in [0.15, 0.2) is 5.16 Å². The van der Waals surface area contributed by atoms with Crippen LogP contribution in [0.25, 0.3) is 0 Å². The van der Waals surface area contributed by atoms with Gasteiger partial charge in [-0.1, -0.05) is 11.8 Å². The number of halogens is 3. The zero-order chi connectivity index (χ0) is 20.0. The van der Waals surface area contributed by atoms with Crippen LogP contribution in [-0.4, -0.2) is 33.7 Å². The number of alkyl halides is 3. The lowest BCUT2D eigenvalue weighted by atomic mass is 10.2. The molecule has 1 amide bonds. The molecule has 0 aliphatic rings. The van der Waals surface area contributed by atoms with Crippen LogP contribution < -0.4 is 10.1 Å². The van der Waals surface area contributed by atoms with Crippen molar-refractivity contribution >= 4 is 29.0 Å². The van der Waals surface area contributed by atoms with Gasteiger partial charge in [0.1, 0.15) is 11.4 Å². The summed E-state index contributed by atoms with van der Waals surface area (Å²) in [5.41, 5.74) is -1.00. The second kappa shape index (κ2) is 8.66. The van der Waals surface area contributed by atoms with Gasteiger partial charge in [-0.15, -0.1) is 0 Å². The minimum absolute atomic E-state index is 0.0373. The maximum absolute atomic E-state index is 12.6. The summed E-state index contributed by atoms with van der Waals surface area (Å²) in [6, 6.07) is 4.47. The number of nitrogens with one attached hydrogen (secondary N) is 1. The molecule has 2 rings (SSSR count). The zero-order valence-corrected chi connectivity index (χ0v) is 14.6. The third-order valence-electron chi connectivity index (χ3n) is 3.15. The van der Waals surface area contributed by atoms with E-state index in [9.17, 15) is 28.1 Å². The van der Waals surface area contributed by atoms with E-state index in [0.717, 1.165) is 24.0 Å². The van der Waals surface area contributed by atoms with Crippen LogP contribution in [0.2, 0.25) is 0 Å². The lowest BCUT2D eigenvalue weighted by Gasteiger charge is -2.10. The van der Waals surface area contributed by atoms with Crippen LogP contribution in [0.4, 0.5) is 24.5 Å². The maximum Gasteiger partial charge on any atom is 0.433 e. The number of rotatable bonds is 7. The van der Waals surface area contributed by atoms with Crippen molar-refractivity contribution in [1.82, 2.24) is 9.97 Å². The molecule has 2 aromatic rings. The summed E-state index contributed by atoms with van der Waals surface area (Å²) in [5.74, 6) is -0.185. The first kappa shape index (κ1) is 20.4. The monoisotopic (exact) mass is 402 g/mol. The Bertz CT molecular complexity index is 848. The Morgan fingerprint density at radius 2 is 2.11 bits per heavy atom. The molecule has 1 aromatic heterocycles. The first-order valence-corrected chi connectivity index (χ1v) is 8.34. The van der Waals surface area contributed by atoms with Gasteiger partial charge in [0, 0.05) is 24.4 Å². The third-order valence-corrected chi connectivity index (χ3v) is 4.02. The Balaban J connectivity index is 1.93. The fourth-order valence-electron chi connectivity index (χ4n) is 1.91. The van der Waals surface area contributed by atoms with Crippen LogP contribution >= 0.6 is 11.8 Å². The van der Waals surface area contributed by atoms with Gasteiger partial charge in [0.2, 0.25) is 5.91 Å². The van der Waals surface area contributed by atoms with Crippen molar-refractivity contribution in [2.75, 3.05) is 18.2 Å². The summed E-state index contributed by atoms with van der Waals surface area (Å²) in [6.07, 6.45) is -3.60. The minimum Gasteiger partial charge on any atom is -0.494 e. The molecule has 0 unspecified atom stereocenters. The molecule has 0 spiro atoms. The highest BCUT2D eigenvalue weighted by atomic mass is 32.2. The van der Waals surface area contributed by atoms with Crippen molar-refractivity contribution in [3.63, 3.8) is 0 Å². The number of nitro benzene ring substituents is 1. The van der Waals surface area contributed by atoms with E-state index in [0.29, 0.717) is 0 Å². The van der Waals surface area contributed by atoms with Crippen molar-refractivity contribution in [2.24, 2.45) is 0 Å². The number of non-ortho nitro benzene ring substituents is 1. The lowest BCUT2D eigenvalue weighted by molar-refractivity contribution is -0.384. The number of ether oxygens (including phenoxy) is 1. The summed E-state index contributed by atoms with van der Waals surface area (Å²) in [7, 11) is 1.30. The number of nitro groups is 1. The molecule has 0 aliphatic heterocycles. The number of thioether (sulfide) groups is 1. The largest absolute Gasteiger partial charge is 0.494 e. The number of nitrogens with zero attached hydrogens (tertiary/aromatic N) is 3. The number of carbonyl (C=O) groups excluding carboxylic acids is 1. The smallest absolute Gasteiger partial charge is 0.433 e. The first-order valence-electron chi connectivity index (χ1n) is 7.36. The number of hydrogen-bond donors (Lipinski definition) is 1. The van der Waals surface area contributed by atoms with Crippen molar-refractivity contribution in [3.05, 3.63) is 46.3 Å². The van der Waals surface area contributed by atoms with E-state index in [4.69, 9.17) is 4.74 Å². The molecule has 0 saturated carbocycles. The molecule has 144 valence electrons. The van der Waals surface area contributed by atoms with Gasteiger partial charge in [0.25, 0.3) is 5.69 Å². The zero-order valence-electron chi connectivity index (χ0n) is 13.8. The fraction of sp³-hybridized carbons (Fsp3) is 0.267. The topological polar surface area (TPSA) is 107 Å². The van der Waals surface area contributed by atoms with Crippen molar-refractivity contribution in [3.8, 4) is 5.75 Å². The number of amides is 1. The molecule has 0 radical (unpaired) electrons. The quantitative estimate of drug-likeness (QED) is 0.327. The summed E-state index contributed by atoms with van der Waals surface area (Å²) < 4.78 is 42.8. The molecule has 1 aromatic carbocycles. The summed E-state index contributed by atoms with van der Waals surface area (Å²) in [5, 5.41) is 13.2. The summed E-state index contributed by atoms with van der Waals surface area (Å²) in [6.45, 7) is 0. The highest BCUT2D eigenvalue weighted by molar-refractivity contribution is 7.99. The standard InChI is InChI=1S/C15H13F3N4O4S/c1-26-11-8-9(22(24)25)2-3-10(11)20-13(23)5-7-27-14-19-6-4-12(21-14)15(16,17)18/h2-4,6,8H,5,7H2,1H3,(H,20,23). The Morgan fingerprint density at radius 1 is 1.37 bits per heavy atom. The van der Waals surface area contributed by atoms with Gasteiger partial charge in [-0.25, -0.2) is 9.97 Å². The van der Waals surface area contributed by atoms with Crippen LogP contribution in [0.5, 0.6) is 5.75 Å². The summed E-state index contributed by atoms with van der Waals surface area (Å²) in [4.78, 5) is 29.2. The molecule has 0 saturated heterocycles. The number of benzene rings is 1. The van der Waals surface area contributed by atoms with Gasteiger partial charge < -0.3 is 10.1 Å². The molecule has 1 heterocycles. The average molecular weight is 402 g/mol. The van der Waals surface area contributed by atoms with Crippen molar-refractivity contribution in [1.29, 1.82) is 0 Å². The summed E-state index contributed by atoms with van der Waals surface area (Å²) >= 11 is 0.902. The maximum atomic E-state index is 12.6. The third kappa shape index (κ3) is 5.81. The Labute approximate surface area is 155 Å². The molecule has 1 N–H and O–H groups in total. The Morgan fingerprint density at radius 3 is 2.74 bits per heavy atom. The Hall–Kier alpha value is -2.89. The van der Waals surface area contributed by atoms with Gasteiger partial charge in [-0.3, -0.25) is 14.9 Å². The molecule has 27 heavy (non-hydrogen) atoms. The van der Waals surface area contributed by atoms with Crippen molar-refractivity contribution in [2.45, 2.75) is 17.8 Å². The lowest BCUT2D eigenvalue weighted by Crippen LogP contribution is -2.13. The van der Waals surface area contributed by atoms with Gasteiger partial charge in [0.05, 0.1) is 23.8 Å². The first-order chi connectivity index (χ1) is 12.7. The highest BCUT2D eigenvalue weighted by Gasteiger charge is 2.32. The number of anilines is 1. The average Bonchev–Trinajstić information content (AvgIpc) is 2.61. The van der Waals surface area contributed by atoms with E-state index in [-0.39, 0.29) is 34.5 Å². The van der Waals surface area contributed by atoms with Gasteiger partial charge in [-0.05, 0) is 12.1 Å². The second-order valence-corrected chi connectivity index (χ2v) is 6.07. The van der Waals surface area contributed by atoms with Crippen LogP contribution in [0.3, 0.4) is 0 Å². The molecule has 0 atom stereocenters. The van der Waals surface area contributed by atoms with Crippen LogP contribution in [-0.2, 0) is 11.0 Å². The SMILES string of the molecule is COc1cc([N+](=O)[O-])ccc1NC(=O)CCSc1nccc(C(F)(F)F)n1. The van der Waals surface area contributed by atoms with Crippen molar-refractivity contribution < 1.29 is 27.6 Å². The molecular formula is C15H13F3N4O4S. The molecule has 8 nitrogen and oxygen atoms in total. The molecule has 12 heteroatoms. The van der Waals surface area contributed by atoms with Gasteiger partial charge in [-0.2, -0.15) is 13.2 Å². The number of aromatic nitrogens is 2. The predicted octanol–water partition coefficient (Wildman–Crippen LogP) is 3.53.